The molecule has 0 aliphatic heterocycles. The van der Waals surface area contributed by atoms with Gasteiger partial charge in [0.1, 0.15) is 12.6 Å². The first-order chi connectivity index (χ1) is 16.8. The summed E-state index contributed by atoms with van der Waals surface area (Å²) in [5.41, 5.74) is 4.52. The van der Waals surface area contributed by atoms with E-state index >= 15 is 0 Å². The number of carbonyl (C=O) groups excluding carboxylic acids is 2. The van der Waals surface area contributed by atoms with Gasteiger partial charge in [0, 0.05) is 10.4 Å². The van der Waals surface area contributed by atoms with Crippen molar-refractivity contribution in [2.45, 2.75) is 25.8 Å². The smallest absolute Gasteiger partial charge is 0.407 e. The molecule has 0 bridgehead atoms. The number of carboxylic acid groups (broad SMARTS) is 1. The fraction of sp³-hybridized carbons (Fsp3) is 0.222. The Kier molecular flexibility index (Phi) is 7.21. The predicted molar refractivity (Wildman–Crippen MR) is 137 cm³/mol. The first-order valence-electron chi connectivity index (χ1n) is 11.2. The van der Waals surface area contributed by atoms with Gasteiger partial charge in [0.05, 0.1) is 11.3 Å². The van der Waals surface area contributed by atoms with Crippen molar-refractivity contribution in [1.29, 1.82) is 0 Å². The summed E-state index contributed by atoms with van der Waals surface area (Å²) >= 11 is 3.23. The molecule has 0 aromatic heterocycles. The number of nitrogens with one attached hydrogen (secondary N) is 2. The van der Waals surface area contributed by atoms with Gasteiger partial charge in [0.15, 0.2) is 0 Å². The summed E-state index contributed by atoms with van der Waals surface area (Å²) in [5.74, 6) is -2.06. The highest BCUT2D eigenvalue weighted by Crippen LogP contribution is 2.44. The van der Waals surface area contributed by atoms with Crippen LogP contribution < -0.4 is 10.6 Å². The number of carbonyl (C=O) groups is 3. The highest BCUT2D eigenvalue weighted by Gasteiger charge is 2.30. The number of ether oxygens (including phenoxy) is 1. The van der Waals surface area contributed by atoms with Crippen molar-refractivity contribution in [3.05, 3.63) is 87.9 Å². The monoisotopic (exact) mass is 536 g/mol. The minimum absolute atomic E-state index is 0.0589. The predicted octanol–water partition coefficient (Wildman–Crippen LogP) is 5.65. The van der Waals surface area contributed by atoms with Gasteiger partial charge in [-0.15, -0.1) is 0 Å². The van der Waals surface area contributed by atoms with Crippen LogP contribution in [0.2, 0.25) is 0 Å². The van der Waals surface area contributed by atoms with Crippen molar-refractivity contribution >= 4 is 39.6 Å². The molecule has 1 aliphatic carbocycles. The molecule has 0 fully saturated rings. The number of hydrogen-bond acceptors (Lipinski definition) is 4. The van der Waals surface area contributed by atoms with Crippen LogP contribution in [-0.4, -0.2) is 35.7 Å². The van der Waals surface area contributed by atoms with E-state index < -0.39 is 24.0 Å². The van der Waals surface area contributed by atoms with Crippen molar-refractivity contribution in [1.82, 2.24) is 5.32 Å². The largest absolute Gasteiger partial charge is 0.478 e. The van der Waals surface area contributed by atoms with Crippen LogP contribution in [0, 0.1) is 5.92 Å². The van der Waals surface area contributed by atoms with Gasteiger partial charge < -0.3 is 20.5 Å². The molecule has 0 spiro atoms. The first-order valence-corrected chi connectivity index (χ1v) is 12.0. The Labute approximate surface area is 211 Å². The summed E-state index contributed by atoms with van der Waals surface area (Å²) in [6, 6.07) is 19.7. The lowest BCUT2D eigenvalue weighted by Gasteiger charge is -2.22. The van der Waals surface area contributed by atoms with E-state index in [0.29, 0.717) is 4.47 Å². The van der Waals surface area contributed by atoms with Gasteiger partial charge in [-0.3, -0.25) is 4.79 Å². The highest BCUT2D eigenvalue weighted by atomic mass is 79.9. The quantitative estimate of drug-likeness (QED) is 0.362. The molecule has 7 nitrogen and oxygen atoms in total. The maximum atomic E-state index is 13.0. The third-order valence-electron chi connectivity index (χ3n) is 6.04. The number of carboxylic acids is 1. The number of alkyl carbamates (subject to hydrolysis) is 1. The van der Waals surface area contributed by atoms with Crippen molar-refractivity contribution < 1.29 is 24.2 Å². The average Bonchev–Trinajstić information content (AvgIpc) is 3.15. The lowest BCUT2D eigenvalue weighted by atomic mass is 9.98. The number of halogens is 1. The molecule has 180 valence electrons. The average molecular weight is 537 g/mol. The third kappa shape index (κ3) is 5.22. The number of fused-ring (bicyclic) bond motifs is 3. The number of benzene rings is 3. The molecule has 2 amide bonds. The van der Waals surface area contributed by atoms with E-state index in [1.807, 2.05) is 36.4 Å². The normalized spacial score (nSPS) is 13.0. The van der Waals surface area contributed by atoms with Crippen LogP contribution in [0.5, 0.6) is 0 Å². The first kappa shape index (κ1) is 24.5. The molecular formula is C27H25BrN2O5. The maximum absolute atomic E-state index is 13.0. The summed E-state index contributed by atoms with van der Waals surface area (Å²) in [7, 11) is 0. The molecule has 8 heteroatoms. The molecule has 3 N–H and O–H groups in total. The summed E-state index contributed by atoms with van der Waals surface area (Å²) < 4.78 is 6.14. The number of hydrogen-bond donors (Lipinski definition) is 3. The van der Waals surface area contributed by atoms with Crippen LogP contribution in [0.1, 0.15) is 41.3 Å². The Balaban J connectivity index is 1.44. The zero-order valence-corrected chi connectivity index (χ0v) is 20.8. The molecule has 1 aliphatic rings. The number of anilines is 1. The minimum atomic E-state index is -1.17. The van der Waals surface area contributed by atoms with E-state index in [9.17, 15) is 19.5 Å². The molecule has 1 atom stereocenters. The molecule has 0 heterocycles. The van der Waals surface area contributed by atoms with E-state index in [4.69, 9.17) is 4.74 Å². The fourth-order valence-corrected chi connectivity index (χ4v) is 4.68. The lowest BCUT2D eigenvalue weighted by Crippen LogP contribution is -2.47. The van der Waals surface area contributed by atoms with Crippen LogP contribution >= 0.6 is 15.9 Å². The van der Waals surface area contributed by atoms with E-state index in [2.05, 4.69) is 38.7 Å². The highest BCUT2D eigenvalue weighted by molar-refractivity contribution is 9.10. The molecule has 3 aromatic rings. The second-order valence-corrected chi connectivity index (χ2v) is 9.59. The van der Waals surface area contributed by atoms with Crippen LogP contribution in [0.15, 0.2) is 71.2 Å². The molecular weight excluding hydrogens is 512 g/mol. The molecule has 0 saturated heterocycles. The Morgan fingerprint density at radius 2 is 1.57 bits per heavy atom. The zero-order valence-electron chi connectivity index (χ0n) is 19.2. The van der Waals surface area contributed by atoms with Crippen molar-refractivity contribution in [2.24, 2.45) is 5.92 Å². The third-order valence-corrected chi connectivity index (χ3v) is 6.53. The second-order valence-electron chi connectivity index (χ2n) is 8.68. The zero-order chi connectivity index (χ0) is 25.1. The second kappa shape index (κ2) is 10.3. The van der Waals surface area contributed by atoms with Gasteiger partial charge in [-0.2, -0.15) is 0 Å². The van der Waals surface area contributed by atoms with E-state index in [-0.39, 0.29) is 29.7 Å². The van der Waals surface area contributed by atoms with Gasteiger partial charge >= 0.3 is 12.1 Å². The lowest BCUT2D eigenvalue weighted by molar-refractivity contribution is -0.119. The van der Waals surface area contributed by atoms with Crippen molar-refractivity contribution in [2.75, 3.05) is 11.9 Å². The topological polar surface area (TPSA) is 105 Å². The number of amides is 2. The standard InChI is InChI=1S/C27H25BrN2O5/c1-15(2)24(25(31)29-23-12-11-16(28)13-21(23)26(32)33)30-27(34)35-14-22-19-9-5-3-7-17(19)18-8-4-6-10-20(18)22/h3-13,15,22,24H,14H2,1-2H3,(H,29,31)(H,30,34)(H,32,33)/t24-/m0/s1. The number of aromatic carboxylic acids is 1. The Bertz CT molecular complexity index is 1240. The number of rotatable bonds is 7. The Morgan fingerprint density at radius 3 is 2.14 bits per heavy atom. The van der Waals surface area contributed by atoms with Crippen molar-refractivity contribution in [3.63, 3.8) is 0 Å². The van der Waals surface area contributed by atoms with Gasteiger partial charge in [-0.1, -0.05) is 78.3 Å². The van der Waals surface area contributed by atoms with E-state index in [0.717, 1.165) is 22.3 Å². The molecule has 0 saturated carbocycles. The summed E-state index contributed by atoms with van der Waals surface area (Å²) in [4.78, 5) is 37.2. The summed E-state index contributed by atoms with van der Waals surface area (Å²) in [5, 5.41) is 14.7. The van der Waals surface area contributed by atoms with E-state index in [1.54, 1.807) is 19.9 Å². The van der Waals surface area contributed by atoms with Crippen LogP contribution in [0.4, 0.5) is 10.5 Å². The maximum Gasteiger partial charge on any atom is 0.407 e. The Morgan fingerprint density at radius 1 is 0.971 bits per heavy atom. The summed E-state index contributed by atoms with van der Waals surface area (Å²) in [6.45, 7) is 3.70. The SMILES string of the molecule is CC(C)[C@H](NC(=O)OCC1c2ccccc2-c2ccccc21)C(=O)Nc1ccc(Br)cc1C(=O)O. The molecule has 35 heavy (non-hydrogen) atoms. The van der Waals surface area contributed by atoms with Gasteiger partial charge in [0.25, 0.3) is 0 Å². The molecule has 3 aromatic carbocycles. The molecule has 4 rings (SSSR count). The van der Waals surface area contributed by atoms with Gasteiger partial charge in [0.2, 0.25) is 5.91 Å². The fourth-order valence-electron chi connectivity index (χ4n) is 4.31. The van der Waals surface area contributed by atoms with Gasteiger partial charge in [-0.05, 0) is 46.4 Å². The summed E-state index contributed by atoms with van der Waals surface area (Å²) in [6.07, 6.45) is -0.713. The van der Waals surface area contributed by atoms with E-state index in [1.165, 1.54) is 12.1 Å². The molecule has 0 radical (unpaired) electrons. The molecule has 0 unspecified atom stereocenters. The van der Waals surface area contributed by atoms with Crippen LogP contribution in [0.25, 0.3) is 11.1 Å². The minimum Gasteiger partial charge on any atom is -0.478 e. The van der Waals surface area contributed by atoms with Crippen LogP contribution in [0.3, 0.4) is 0 Å². The van der Waals surface area contributed by atoms with Crippen molar-refractivity contribution in [3.8, 4) is 11.1 Å². The van der Waals surface area contributed by atoms with Crippen LogP contribution in [-0.2, 0) is 9.53 Å². The van der Waals surface area contributed by atoms with Gasteiger partial charge in [-0.25, -0.2) is 9.59 Å². The Hall–Kier alpha value is -3.65.